The molecule has 0 saturated carbocycles. The van der Waals surface area contributed by atoms with Crippen molar-refractivity contribution in [2.75, 3.05) is 13.7 Å². The van der Waals surface area contributed by atoms with Gasteiger partial charge in [0, 0.05) is 15.8 Å². The highest BCUT2D eigenvalue weighted by Gasteiger charge is 2.14. The van der Waals surface area contributed by atoms with Gasteiger partial charge in [0.25, 0.3) is 0 Å². The second-order valence-corrected chi connectivity index (χ2v) is 6.67. The van der Waals surface area contributed by atoms with Crippen LogP contribution in [0.15, 0.2) is 30.3 Å². The monoisotopic (exact) mass is 303 g/mol. The summed E-state index contributed by atoms with van der Waals surface area (Å²) in [5.41, 5.74) is 2.77. The summed E-state index contributed by atoms with van der Waals surface area (Å²) in [5.74, 6) is 0.923. The fourth-order valence-electron chi connectivity index (χ4n) is 2.47. The molecule has 2 rings (SSSR count). The van der Waals surface area contributed by atoms with E-state index in [2.05, 4.69) is 44.3 Å². The molecule has 0 amide bonds. The quantitative estimate of drug-likeness (QED) is 0.803. The van der Waals surface area contributed by atoms with E-state index in [0.29, 0.717) is 6.04 Å². The molecule has 0 spiro atoms. The van der Waals surface area contributed by atoms with Crippen LogP contribution in [0.3, 0.4) is 0 Å². The molecule has 1 unspecified atom stereocenters. The molecule has 3 heteroatoms. The SMILES string of the molecule is CCNC(CCc1ccc(OC)cc1)c1cc(C)c(C)s1. The van der Waals surface area contributed by atoms with Gasteiger partial charge in [-0.1, -0.05) is 19.1 Å². The molecule has 2 aromatic rings. The van der Waals surface area contributed by atoms with Crippen molar-refractivity contribution >= 4 is 11.3 Å². The van der Waals surface area contributed by atoms with Gasteiger partial charge in [-0.3, -0.25) is 0 Å². The molecule has 0 radical (unpaired) electrons. The molecule has 114 valence electrons. The van der Waals surface area contributed by atoms with Crippen LogP contribution >= 0.6 is 11.3 Å². The first-order valence-electron chi connectivity index (χ1n) is 7.57. The Morgan fingerprint density at radius 1 is 1.19 bits per heavy atom. The van der Waals surface area contributed by atoms with Crippen LogP contribution in [0.25, 0.3) is 0 Å². The molecular formula is C18H25NOS. The van der Waals surface area contributed by atoms with Crippen molar-refractivity contribution in [1.29, 1.82) is 0 Å². The first kappa shape index (κ1) is 16.1. The largest absolute Gasteiger partial charge is 0.497 e. The summed E-state index contributed by atoms with van der Waals surface area (Å²) in [7, 11) is 1.71. The van der Waals surface area contributed by atoms with Crippen molar-refractivity contribution in [3.05, 3.63) is 51.2 Å². The molecule has 1 aromatic carbocycles. The van der Waals surface area contributed by atoms with Gasteiger partial charge in [0.1, 0.15) is 5.75 Å². The minimum absolute atomic E-state index is 0.453. The lowest BCUT2D eigenvalue weighted by molar-refractivity contribution is 0.414. The Bertz CT molecular complexity index is 540. The lowest BCUT2D eigenvalue weighted by Gasteiger charge is -2.16. The number of aryl methyl sites for hydroxylation is 3. The van der Waals surface area contributed by atoms with Crippen molar-refractivity contribution in [3.63, 3.8) is 0 Å². The van der Waals surface area contributed by atoms with Gasteiger partial charge in [-0.2, -0.15) is 0 Å². The van der Waals surface area contributed by atoms with Crippen molar-refractivity contribution in [1.82, 2.24) is 5.32 Å². The maximum absolute atomic E-state index is 5.21. The zero-order valence-corrected chi connectivity index (χ0v) is 14.2. The molecule has 21 heavy (non-hydrogen) atoms. The second kappa shape index (κ2) is 7.62. The summed E-state index contributed by atoms with van der Waals surface area (Å²) in [6, 6.07) is 11.2. The van der Waals surface area contributed by atoms with Gasteiger partial charge >= 0.3 is 0 Å². The number of methoxy groups -OCH3 is 1. The lowest BCUT2D eigenvalue weighted by Crippen LogP contribution is -2.20. The average Bonchev–Trinajstić information content (AvgIpc) is 2.83. The van der Waals surface area contributed by atoms with Crippen LogP contribution in [-0.2, 0) is 6.42 Å². The molecular weight excluding hydrogens is 278 g/mol. The number of rotatable bonds is 7. The van der Waals surface area contributed by atoms with Crippen molar-refractivity contribution in [3.8, 4) is 5.75 Å². The second-order valence-electron chi connectivity index (χ2n) is 5.38. The zero-order chi connectivity index (χ0) is 15.2. The van der Waals surface area contributed by atoms with Crippen molar-refractivity contribution in [2.24, 2.45) is 0 Å². The van der Waals surface area contributed by atoms with Gasteiger partial charge in [-0.05, 0) is 62.6 Å². The minimum Gasteiger partial charge on any atom is -0.497 e. The van der Waals surface area contributed by atoms with Crippen molar-refractivity contribution < 1.29 is 4.74 Å². The molecule has 0 fully saturated rings. The molecule has 0 bridgehead atoms. The predicted molar refractivity (Wildman–Crippen MR) is 91.5 cm³/mol. The van der Waals surface area contributed by atoms with Crippen LogP contribution < -0.4 is 10.1 Å². The summed E-state index contributed by atoms with van der Waals surface area (Å²) in [6.07, 6.45) is 2.21. The Hall–Kier alpha value is -1.32. The molecule has 1 aromatic heterocycles. The first-order valence-corrected chi connectivity index (χ1v) is 8.39. The maximum Gasteiger partial charge on any atom is 0.118 e. The number of hydrogen-bond donors (Lipinski definition) is 1. The standard InChI is InChI=1S/C18H25NOS/c1-5-19-17(18-12-13(2)14(3)21-18)11-8-15-6-9-16(20-4)10-7-15/h6-7,9-10,12,17,19H,5,8,11H2,1-4H3. The molecule has 0 aliphatic carbocycles. The highest BCUT2D eigenvalue weighted by molar-refractivity contribution is 7.12. The Morgan fingerprint density at radius 2 is 1.90 bits per heavy atom. The number of thiophene rings is 1. The third-order valence-corrected chi connectivity index (χ3v) is 5.13. The number of ether oxygens (including phenoxy) is 1. The summed E-state index contributed by atoms with van der Waals surface area (Å²) >= 11 is 1.92. The van der Waals surface area contributed by atoms with Crippen LogP contribution in [0.5, 0.6) is 5.75 Å². The number of hydrogen-bond acceptors (Lipinski definition) is 3. The number of nitrogens with one attached hydrogen (secondary N) is 1. The predicted octanol–water partition coefficient (Wildman–Crippen LogP) is 4.66. The van der Waals surface area contributed by atoms with E-state index in [1.807, 2.05) is 23.5 Å². The van der Waals surface area contributed by atoms with Gasteiger partial charge in [0.05, 0.1) is 7.11 Å². The normalized spacial score (nSPS) is 12.4. The molecule has 1 N–H and O–H groups in total. The van der Waals surface area contributed by atoms with Crippen LogP contribution in [-0.4, -0.2) is 13.7 Å². The van der Waals surface area contributed by atoms with Gasteiger partial charge < -0.3 is 10.1 Å². The first-order chi connectivity index (χ1) is 10.1. The van der Waals surface area contributed by atoms with E-state index in [4.69, 9.17) is 4.74 Å². The molecule has 2 nitrogen and oxygen atoms in total. The Kier molecular flexibility index (Phi) is 5.83. The Balaban J connectivity index is 2.02. The summed E-state index contributed by atoms with van der Waals surface area (Å²) in [5, 5.41) is 3.62. The summed E-state index contributed by atoms with van der Waals surface area (Å²) in [6.45, 7) is 7.58. The van der Waals surface area contributed by atoms with Crippen molar-refractivity contribution in [2.45, 2.75) is 39.7 Å². The van der Waals surface area contributed by atoms with E-state index in [1.165, 1.54) is 20.9 Å². The molecule has 0 aliphatic rings. The Labute approximate surface area is 132 Å². The molecule has 0 saturated heterocycles. The lowest BCUT2D eigenvalue weighted by atomic mass is 10.0. The van der Waals surface area contributed by atoms with Crippen LogP contribution in [0.1, 0.15) is 40.3 Å². The van der Waals surface area contributed by atoms with E-state index in [1.54, 1.807) is 7.11 Å². The highest BCUT2D eigenvalue weighted by atomic mass is 32.1. The van der Waals surface area contributed by atoms with E-state index in [0.717, 1.165) is 25.1 Å². The van der Waals surface area contributed by atoms with Crippen LogP contribution in [0.2, 0.25) is 0 Å². The third-order valence-electron chi connectivity index (χ3n) is 3.86. The van der Waals surface area contributed by atoms with E-state index in [-0.39, 0.29) is 0 Å². The Morgan fingerprint density at radius 3 is 2.43 bits per heavy atom. The molecule has 1 atom stereocenters. The molecule has 1 heterocycles. The van der Waals surface area contributed by atoms with E-state index >= 15 is 0 Å². The fraction of sp³-hybridized carbons (Fsp3) is 0.444. The van der Waals surface area contributed by atoms with E-state index in [9.17, 15) is 0 Å². The molecule has 0 aliphatic heterocycles. The summed E-state index contributed by atoms with van der Waals surface area (Å²) < 4.78 is 5.21. The van der Waals surface area contributed by atoms with Gasteiger partial charge in [0.15, 0.2) is 0 Å². The topological polar surface area (TPSA) is 21.3 Å². The number of benzene rings is 1. The zero-order valence-electron chi connectivity index (χ0n) is 13.4. The van der Waals surface area contributed by atoms with Gasteiger partial charge in [-0.25, -0.2) is 0 Å². The van der Waals surface area contributed by atoms with Gasteiger partial charge in [0.2, 0.25) is 0 Å². The minimum atomic E-state index is 0.453. The van der Waals surface area contributed by atoms with Crippen LogP contribution in [0, 0.1) is 13.8 Å². The van der Waals surface area contributed by atoms with Gasteiger partial charge in [-0.15, -0.1) is 11.3 Å². The smallest absolute Gasteiger partial charge is 0.118 e. The van der Waals surface area contributed by atoms with E-state index < -0.39 is 0 Å². The third kappa shape index (κ3) is 4.32. The van der Waals surface area contributed by atoms with Crippen LogP contribution in [0.4, 0.5) is 0 Å². The maximum atomic E-state index is 5.21. The average molecular weight is 303 g/mol. The summed E-state index contributed by atoms with van der Waals surface area (Å²) in [4.78, 5) is 2.89. The fourth-order valence-corrected chi connectivity index (χ4v) is 3.62. The highest BCUT2D eigenvalue weighted by Crippen LogP contribution is 2.29.